The zero-order valence-electron chi connectivity index (χ0n) is 7.28. The highest BCUT2D eigenvalue weighted by Gasteiger charge is 2.10. The molecule has 0 spiro atoms. The van der Waals surface area contributed by atoms with Crippen LogP contribution in [0.2, 0.25) is 0 Å². The highest BCUT2D eigenvalue weighted by molar-refractivity contribution is 5.34. The summed E-state index contributed by atoms with van der Waals surface area (Å²) in [5.41, 5.74) is 0. The number of aliphatic imine (C=N–C) groups is 2. The van der Waals surface area contributed by atoms with Crippen molar-refractivity contribution in [2.75, 3.05) is 6.54 Å². The van der Waals surface area contributed by atoms with Gasteiger partial charge in [-0.1, -0.05) is 13.8 Å². The number of hydrogen-bond acceptors (Lipinski definition) is 4. The van der Waals surface area contributed by atoms with E-state index in [9.17, 15) is 9.59 Å². The Balaban J connectivity index is 3.95. The molecule has 66 valence electrons. The summed E-state index contributed by atoms with van der Waals surface area (Å²) in [6.07, 6.45) is 3.55. The Kier molecular flexibility index (Phi) is 5.80. The highest BCUT2D eigenvalue weighted by Crippen LogP contribution is 2.09. The van der Waals surface area contributed by atoms with Crippen LogP contribution in [0.15, 0.2) is 9.98 Å². The maximum Gasteiger partial charge on any atom is 0.235 e. The van der Waals surface area contributed by atoms with Crippen LogP contribution >= 0.6 is 0 Å². The van der Waals surface area contributed by atoms with Gasteiger partial charge in [-0.2, -0.15) is 0 Å². The fourth-order valence-corrected chi connectivity index (χ4v) is 0.857. The van der Waals surface area contributed by atoms with Crippen molar-refractivity contribution in [2.45, 2.75) is 26.3 Å². The monoisotopic (exact) mass is 168 g/mol. The van der Waals surface area contributed by atoms with E-state index >= 15 is 0 Å². The lowest BCUT2D eigenvalue weighted by Gasteiger charge is -2.11. The first-order valence-electron chi connectivity index (χ1n) is 3.83. The molecule has 0 rings (SSSR count). The van der Waals surface area contributed by atoms with E-state index in [2.05, 4.69) is 9.98 Å². The van der Waals surface area contributed by atoms with Gasteiger partial charge in [0.25, 0.3) is 0 Å². The summed E-state index contributed by atoms with van der Waals surface area (Å²) < 4.78 is 0. The van der Waals surface area contributed by atoms with E-state index in [0.29, 0.717) is 13.0 Å². The minimum absolute atomic E-state index is 0.0837. The van der Waals surface area contributed by atoms with Crippen LogP contribution in [0.25, 0.3) is 0 Å². The normalized spacial score (nSPS) is 11.6. The van der Waals surface area contributed by atoms with Gasteiger partial charge in [0, 0.05) is 0 Å². The Hall–Kier alpha value is -1.24. The summed E-state index contributed by atoms with van der Waals surface area (Å²) in [6, 6.07) is -0.0837. The molecule has 0 aromatic carbocycles. The van der Waals surface area contributed by atoms with Crippen LogP contribution < -0.4 is 0 Å². The second kappa shape index (κ2) is 6.47. The molecule has 1 unspecified atom stereocenters. The molecule has 0 aliphatic rings. The predicted octanol–water partition coefficient (Wildman–Crippen LogP) is 1.07. The molecule has 1 atom stereocenters. The molecule has 0 radical (unpaired) electrons. The van der Waals surface area contributed by atoms with Gasteiger partial charge in [-0.25, -0.2) is 19.6 Å². The van der Waals surface area contributed by atoms with Crippen molar-refractivity contribution in [3.63, 3.8) is 0 Å². The topological polar surface area (TPSA) is 58.9 Å². The van der Waals surface area contributed by atoms with Crippen LogP contribution in [-0.2, 0) is 9.59 Å². The van der Waals surface area contributed by atoms with Crippen molar-refractivity contribution in [1.82, 2.24) is 0 Å². The fraction of sp³-hybridized carbons (Fsp3) is 0.750. The summed E-state index contributed by atoms with van der Waals surface area (Å²) in [7, 11) is 0. The Morgan fingerprint density at radius 1 is 1.25 bits per heavy atom. The first-order chi connectivity index (χ1) is 5.72. The Morgan fingerprint density at radius 2 is 1.92 bits per heavy atom. The molecular formula is C8H12N2O2. The Morgan fingerprint density at radius 3 is 2.33 bits per heavy atom. The summed E-state index contributed by atoms with van der Waals surface area (Å²) >= 11 is 0. The molecule has 0 N–H and O–H groups in total. The minimum atomic E-state index is -0.0837. The van der Waals surface area contributed by atoms with Crippen molar-refractivity contribution in [2.24, 2.45) is 15.9 Å². The first kappa shape index (κ1) is 10.8. The van der Waals surface area contributed by atoms with E-state index < -0.39 is 0 Å². The average molecular weight is 168 g/mol. The maximum atomic E-state index is 9.95. The molecule has 0 fully saturated rings. The van der Waals surface area contributed by atoms with Crippen LogP contribution in [0, 0.1) is 5.92 Å². The Bertz CT molecular complexity index is 213. The summed E-state index contributed by atoms with van der Waals surface area (Å²) in [5.74, 6) is 0.272. The molecule has 0 saturated carbocycles. The van der Waals surface area contributed by atoms with Gasteiger partial charge in [-0.15, -0.1) is 0 Å². The highest BCUT2D eigenvalue weighted by atomic mass is 16.1. The van der Waals surface area contributed by atoms with Gasteiger partial charge >= 0.3 is 0 Å². The number of carbonyl (C=O) groups excluding carboxylic acids is 2. The third-order valence-corrected chi connectivity index (χ3v) is 1.59. The van der Waals surface area contributed by atoms with Crippen LogP contribution in [0.3, 0.4) is 0 Å². The quantitative estimate of drug-likeness (QED) is 0.455. The molecule has 0 saturated heterocycles. The molecule has 12 heavy (non-hydrogen) atoms. The fourth-order valence-electron chi connectivity index (χ4n) is 0.857. The van der Waals surface area contributed by atoms with Crippen LogP contribution in [0.1, 0.15) is 20.3 Å². The Labute approximate surface area is 71.4 Å². The number of isocyanates is 2. The molecule has 0 heterocycles. The lowest BCUT2D eigenvalue weighted by Crippen LogP contribution is -2.13. The molecule has 0 aromatic rings. The molecule has 0 aromatic heterocycles. The van der Waals surface area contributed by atoms with E-state index in [4.69, 9.17) is 0 Å². The molecule has 0 bridgehead atoms. The van der Waals surface area contributed by atoms with Crippen molar-refractivity contribution in [3.8, 4) is 0 Å². The molecule has 4 heteroatoms. The van der Waals surface area contributed by atoms with Gasteiger partial charge in [-0.3, -0.25) is 0 Å². The maximum absolute atomic E-state index is 9.95. The number of nitrogens with zero attached hydrogens (tertiary/aromatic N) is 2. The standard InChI is InChI=1S/C8H12N2O2/c1-7(2)8(10-6-12)3-4-9-5-11/h7-8H,3-4H2,1-2H3. The molecule has 0 aliphatic carbocycles. The van der Waals surface area contributed by atoms with Gasteiger partial charge < -0.3 is 0 Å². The van der Waals surface area contributed by atoms with E-state index in [1.165, 1.54) is 12.2 Å². The predicted molar refractivity (Wildman–Crippen MR) is 44.4 cm³/mol. The van der Waals surface area contributed by atoms with Crippen LogP contribution in [0.5, 0.6) is 0 Å². The minimum Gasteiger partial charge on any atom is -0.211 e. The first-order valence-corrected chi connectivity index (χ1v) is 3.83. The number of rotatable bonds is 5. The van der Waals surface area contributed by atoms with Gasteiger partial charge in [0.15, 0.2) is 0 Å². The van der Waals surface area contributed by atoms with Crippen LogP contribution in [-0.4, -0.2) is 24.7 Å². The zero-order valence-corrected chi connectivity index (χ0v) is 7.28. The molecule has 4 nitrogen and oxygen atoms in total. The van der Waals surface area contributed by atoms with Crippen molar-refractivity contribution < 1.29 is 9.59 Å². The molecule has 0 amide bonds. The lowest BCUT2D eigenvalue weighted by molar-refractivity contribution is 0.464. The third kappa shape index (κ3) is 4.56. The summed E-state index contributed by atoms with van der Waals surface area (Å²) in [5, 5.41) is 0. The van der Waals surface area contributed by atoms with Gasteiger partial charge in [-0.05, 0) is 12.3 Å². The number of hydrogen-bond donors (Lipinski definition) is 0. The van der Waals surface area contributed by atoms with E-state index in [0.717, 1.165) is 0 Å². The zero-order chi connectivity index (χ0) is 9.40. The summed E-state index contributed by atoms with van der Waals surface area (Å²) in [4.78, 5) is 26.6. The second-order valence-corrected chi connectivity index (χ2v) is 2.79. The lowest BCUT2D eigenvalue weighted by atomic mass is 10.0. The average Bonchev–Trinajstić information content (AvgIpc) is 2.03. The smallest absolute Gasteiger partial charge is 0.211 e. The third-order valence-electron chi connectivity index (χ3n) is 1.59. The van der Waals surface area contributed by atoms with Crippen molar-refractivity contribution >= 4 is 12.2 Å². The van der Waals surface area contributed by atoms with E-state index in [1.807, 2.05) is 13.8 Å². The van der Waals surface area contributed by atoms with E-state index in [-0.39, 0.29) is 12.0 Å². The van der Waals surface area contributed by atoms with Crippen molar-refractivity contribution in [3.05, 3.63) is 0 Å². The second-order valence-electron chi connectivity index (χ2n) is 2.79. The van der Waals surface area contributed by atoms with Gasteiger partial charge in [0.1, 0.15) is 0 Å². The van der Waals surface area contributed by atoms with Gasteiger partial charge in [0.05, 0.1) is 12.6 Å². The molecular weight excluding hydrogens is 156 g/mol. The van der Waals surface area contributed by atoms with Crippen molar-refractivity contribution in [1.29, 1.82) is 0 Å². The van der Waals surface area contributed by atoms with Gasteiger partial charge in [0.2, 0.25) is 12.2 Å². The largest absolute Gasteiger partial charge is 0.235 e. The van der Waals surface area contributed by atoms with E-state index in [1.54, 1.807) is 0 Å². The van der Waals surface area contributed by atoms with Crippen LogP contribution in [0.4, 0.5) is 0 Å². The SMILES string of the molecule is CC(C)C(CCN=C=O)N=C=O. The summed E-state index contributed by atoms with van der Waals surface area (Å²) in [6.45, 7) is 4.28. The molecule has 0 aliphatic heterocycles.